The van der Waals surface area contributed by atoms with E-state index in [-0.39, 0.29) is 5.60 Å². The average Bonchev–Trinajstić information content (AvgIpc) is 2.75. The van der Waals surface area contributed by atoms with Crippen LogP contribution in [0.3, 0.4) is 0 Å². The molecule has 5 nitrogen and oxygen atoms in total. The van der Waals surface area contributed by atoms with Gasteiger partial charge in [0.25, 0.3) is 0 Å². The summed E-state index contributed by atoms with van der Waals surface area (Å²) < 4.78 is 10.7. The molecule has 88 valence electrons. The van der Waals surface area contributed by atoms with Gasteiger partial charge in [0, 0.05) is 25.4 Å². The first-order valence-electron chi connectivity index (χ1n) is 5.47. The van der Waals surface area contributed by atoms with Crippen LogP contribution in [0.15, 0.2) is 12.3 Å². The summed E-state index contributed by atoms with van der Waals surface area (Å²) in [5.41, 5.74) is -0.0908. The first kappa shape index (κ1) is 11.1. The van der Waals surface area contributed by atoms with Crippen molar-refractivity contribution in [3.05, 3.63) is 12.3 Å². The minimum Gasteiger partial charge on any atom is -0.481 e. The number of nitrogens with one attached hydrogen (secondary N) is 1. The summed E-state index contributed by atoms with van der Waals surface area (Å²) in [6, 6.07) is 1.72. The van der Waals surface area contributed by atoms with Gasteiger partial charge in [-0.2, -0.15) is 4.98 Å². The molecule has 5 heteroatoms. The van der Waals surface area contributed by atoms with Crippen molar-refractivity contribution in [1.29, 1.82) is 0 Å². The Hall–Kier alpha value is -1.36. The predicted molar refractivity (Wildman–Crippen MR) is 60.7 cm³/mol. The van der Waals surface area contributed by atoms with Crippen molar-refractivity contribution in [2.75, 3.05) is 25.6 Å². The number of nitrogens with zero attached hydrogens (tertiary/aromatic N) is 2. The SMILES string of the molecule is COc1ccnc(NCC2(C)CCCO2)n1. The third kappa shape index (κ3) is 2.61. The minimum absolute atomic E-state index is 0.0908. The van der Waals surface area contributed by atoms with E-state index >= 15 is 0 Å². The zero-order valence-corrected chi connectivity index (χ0v) is 9.69. The van der Waals surface area contributed by atoms with E-state index < -0.39 is 0 Å². The Morgan fingerprint density at radius 3 is 3.19 bits per heavy atom. The van der Waals surface area contributed by atoms with Gasteiger partial charge in [-0.25, -0.2) is 4.98 Å². The molecule has 2 heterocycles. The number of hydrogen-bond donors (Lipinski definition) is 1. The van der Waals surface area contributed by atoms with Gasteiger partial charge in [0.15, 0.2) is 0 Å². The molecule has 1 unspecified atom stereocenters. The second kappa shape index (κ2) is 4.65. The molecule has 0 saturated carbocycles. The van der Waals surface area contributed by atoms with E-state index in [4.69, 9.17) is 9.47 Å². The van der Waals surface area contributed by atoms with Gasteiger partial charge in [-0.3, -0.25) is 0 Å². The van der Waals surface area contributed by atoms with Crippen molar-refractivity contribution in [2.24, 2.45) is 0 Å². The molecule has 1 fully saturated rings. The molecule has 0 amide bonds. The van der Waals surface area contributed by atoms with E-state index in [1.54, 1.807) is 19.4 Å². The fraction of sp³-hybridized carbons (Fsp3) is 0.636. The van der Waals surface area contributed by atoms with Crippen LogP contribution in [0.25, 0.3) is 0 Å². The minimum atomic E-state index is -0.0908. The van der Waals surface area contributed by atoms with E-state index in [0.29, 0.717) is 11.8 Å². The molecule has 0 aliphatic carbocycles. The molecule has 1 N–H and O–H groups in total. The van der Waals surface area contributed by atoms with E-state index in [1.807, 2.05) is 0 Å². The number of hydrogen-bond acceptors (Lipinski definition) is 5. The van der Waals surface area contributed by atoms with Crippen LogP contribution in [0, 0.1) is 0 Å². The molecule has 1 saturated heterocycles. The van der Waals surface area contributed by atoms with Gasteiger partial charge in [-0.1, -0.05) is 0 Å². The van der Waals surface area contributed by atoms with Crippen LogP contribution >= 0.6 is 0 Å². The Morgan fingerprint density at radius 1 is 1.62 bits per heavy atom. The maximum absolute atomic E-state index is 5.67. The molecule has 1 aliphatic rings. The lowest BCUT2D eigenvalue weighted by atomic mass is 10.0. The number of aromatic nitrogens is 2. The largest absolute Gasteiger partial charge is 0.481 e. The third-order valence-electron chi connectivity index (χ3n) is 2.76. The maximum Gasteiger partial charge on any atom is 0.226 e. The molecule has 0 bridgehead atoms. The van der Waals surface area contributed by atoms with E-state index in [2.05, 4.69) is 22.2 Å². The van der Waals surface area contributed by atoms with Crippen molar-refractivity contribution in [3.63, 3.8) is 0 Å². The third-order valence-corrected chi connectivity index (χ3v) is 2.76. The van der Waals surface area contributed by atoms with Crippen molar-refractivity contribution in [2.45, 2.75) is 25.4 Å². The first-order valence-corrected chi connectivity index (χ1v) is 5.47. The van der Waals surface area contributed by atoms with E-state index in [1.165, 1.54) is 0 Å². The van der Waals surface area contributed by atoms with Gasteiger partial charge in [-0.05, 0) is 19.8 Å². The summed E-state index contributed by atoms with van der Waals surface area (Å²) in [6.07, 6.45) is 3.87. The second-order valence-corrected chi connectivity index (χ2v) is 4.18. The Balaban J connectivity index is 1.93. The molecule has 16 heavy (non-hydrogen) atoms. The monoisotopic (exact) mass is 223 g/mol. The molecule has 2 rings (SSSR count). The lowest BCUT2D eigenvalue weighted by molar-refractivity contribution is 0.0314. The summed E-state index contributed by atoms with van der Waals surface area (Å²) in [5, 5.41) is 3.17. The lowest BCUT2D eigenvalue weighted by Gasteiger charge is -2.23. The van der Waals surface area contributed by atoms with E-state index in [9.17, 15) is 0 Å². The fourth-order valence-electron chi connectivity index (χ4n) is 1.78. The molecule has 1 aromatic heterocycles. The lowest BCUT2D eigenvalue weighted by Crippen LogP contribution is -2.33. The average molecular weight is 223 g/mol. The van der Waals surface area contributed by atoms with Gasteiger partial charge >= 0.3 is 0 Å². The van der Waals surface area contributed by atoms with Crippen molar-refractivity contribution in [1.82, 2.24) is 9.97 Å². The Bertz CT molecular complexity index is 351. The van der Waals surface area contributed by atoms with Gasteiger partial charge < -0.3 is 14.8 Å². The van der Waals surface area contributed by atoms with E-state index in [0.717, 1.165) is 26.0 Å². The Labute approximate surface area is 95.2 Å². The van der Waals surface area contributed by atoms with Crippen LogP contribution in [0.5, 0.6) is 5.88 Å². The van der Waals surface area contributed by atoms with Crippen LogP contribution < -0.4 is 10.1 Å². The molecule has 1 atom stereocenters. The summed E-state index contributed by atoms with van der Waals surface area (Å²) in [7, 11) is 1.59. The van der Waals surface area contributed by atoms with Gasteiger partial charge in [-0.15, -0.1) is 0 Å². The van der Waals surface area contributed by atoms with Crippen LogP contribution in [-0.4, -0.2) is 35.8 Å². The quantitative estimate of drug-likeness (QED) is 0.837. The number of anilines is 1. The van der Waals surface area contributed by atoms with Gasteiger partial charge in [0.1, 0.15) is 0 Å². The molecule has 1 aromatic rings. The first-order chi connectivity index (χ1) is 7.72. The van der Waals surface area contributed by atoms with Crippen molar-refractivity contribution in [3.8, 4) is 5.88 Å². The Morgan fingerprint density at radius 2 is 2.50 bits per heavy atom. The highest BCUT2D eigenvalue weighted by molar-refractivity contribution is 5.28. The summed E-state index contributed by atoms with van der Waals surface area (Å²) in [4.78, 5) is 8.30. The zero-order valence-electron chi connectivity index (χ0n) is 9.69. The summed E-state index contributed by atoms with van der Waals surface area (Å²) >= 11 is 0. The highest BCUT2D eigenvalue weighted by Crippen LogP contribution is 2.24. The number of rotatable bonds is 4. The highest BCUT2D eigenvalue weighted by Gasteiger charge is 2.29. The van der Waals surface area contributed by atoms with Crippen molar-refractivity contribution < 1.29 is 9.47 Å². The van der Waals surface area contributed by atoms with Crippen LogP contribution in [0.4, 0.5) is 5.95 Å². The smallest absolute Gasteiger partial charge is 0.226 e. The molecule has 0 radical (unpaired) electrons. The second-order valence-electron chi connectivity index (χ2n) is 4.18. The number of ether oxygens (including phenoxy) is 2. The van der Waals surface area contributed by atoms with Crippen LogP contribution in [0.1, 0.15) is 19.8 Å². The highest BCUT2D eigenvalue weighted by atomic mass is 16.5. The summed E-state index contributed by atoms with van der Waals surface area (Å²) in [6.45, 7) is 3.67. The zero-order chi connectivity index (χ0) is 11.4. The number of methoxy groups -OCH3 is 1. The molecule has 1 aliphatic heterocycles. The summed E-state index contributed by atoms with van der Waals surface area (Å²) in [5.74, 6) is 1.14. The topological polar surface area (TPSA) is 56.3 Å². The molecular weight excluding hydrogens is 206 g/mol. The van der Waals surface area contributed by atoms with Gasteiger partial charge in [0.2, 0.25) is 11.8 Å². The van der Waals surface area contributed by atoms with Crippen molar-refractivity contribution >= 4 is 5.95 Å². The van der Waals surface area contributed by atoms with Crippen LogP contribution in [-0.2, 0) is 4.74 Å². The Kier molecular flexibility index (Phi) is 3.24. The van der Waals surface area contributed by atoms with Gasteiger partial charge in [0.05, 0.1) is 12.7 Å². The predicted octanol–water partition coefficient (Wildman–Crippen LogP) is 1.47. The molecule has 0 spiro atoms. The fourth-order valence-corrected chi connectivity index (χ4v) is 1.78. The normalized spacial score (nSPS) is 24.4. The molecular formula is C11H17N3O2. The molecule has 0 aromatic carbocycles. The van der Waals surface area contributed by atoms with Crippen LogP contribution in [0.2, 0.25) is 0 Å². The maximum atomic E-state index is 5.67. The standard InChI is InChI=1S/C11H17N3O2/c1-11(5-3-7-16-11)8-13-10-12-6-4-9(14-10)15-2/h4,6H,3,5,7-8H2,1-2H3,(H,12,13,14).